The van der Waals surface area contributed by atoms with Crippen molar-refractivity contribution in [2.75, 3.05) is 5.43 Å². The van der Waals surface area contributed by atoms with Crippen molar-refractivity contribution in [3.05, 3.63) is 46.3 Å². The number of hydrogen-bond acceptors (Lipinski definition) is 6. The molecule has 2 rings (SSSR count). The fraction of sp³-hybridized carbons (Fsp3) is 0.200. The standard InChI is InChI=1S/C10H12N6O/c1-7-5-8(15-11)14-9(13-7)6-16-10(17)3-2-4-12-16/h2-5H,6,11H2,1H3,(H,13,14,15). The molecule has 0 radical (unpaired) electrons. The summed E-state index contributed by atoms with van der Waals surface area (Å²) in [4.78, 5) is 19.8. The molecule has 0 saturated heterocycles. The van der Waals surface area contributed by atoms with Crippen LogP contribution in [0, 0.1) is 6.92 Å². The van der Waals surface area contributed by atoms with Crippen LogP contribution in [0.15, 0.2) is 29.2 Å². The summed E-state index contributed by atoms with van der Waals surface area (Å²) < 4.78 is 1.29. The predicted molar refractivity (Wildman–Crippen MR) is 62.2 cm³/mol. The van der Waals surface area contributed by atoms with Gasteiger partial charge in [0.25, 0.3) is 5.56 Å². The molecule has 88 valence electrons. The molecule has 0 aromatic carbocycles. The molecule has 2 aromatic heterocycles. The second-order valence-electron chi connectivity index (χ2n) is 3.47. The van der Waals surface area contributed by atoms with E-state index in [1.165, 1.54) is 10.7 Å². The van der Waals surface area contributed by atoms with E-state index in [0.29, 0.717) is 11.6 Å². The Bertz CT molecular complexity index is 579. The zero-order valence-corrected chi connectivity index (χ0v) is 9.29. The lowest BCUT2D eigenvalue weighted by atomic mass is 10.4. The van der Waals surface area contributed by atoms with E-state index in [-0.39, 0.29) is 12.1 Å². The largest absolute Gasteiger partial charge is 0.308 e. The highest BCUT2D eigenvalue weighted by Crippen LogP contribution is 2.04. The Hall–Kier alpha value is -2.28. The number of aryl methyl sites for hydroxylation is 1. The molecule has 0 bridgehead atoms. The van der Waals surface area contributed by atoms with Crippen molar-refractivity contribution in [1.29, 1.82) is 0 Å². The van der Waals surface area contributed by atoms with Crippen LogP contribution in [0.1, 0.15) is 11.5 Å². The SMILES string of the molecule is Cc1cc(NN)nc(Cn2ncccc2=O)n1. The molecule has 17 heavy (non-hydrogen) atoms. The topological polar surface area (TPSA) is 98.7 Å². The molecule has 0 amide bonds. The molecule has 0 atom stereocenters. The van der Waals surface area contributed by atoms with Crippen molar-refractivity contribution < 1.29 is 0 Å². The van der Waals surface area contributed by atoms with Crippen molar-refractivity contribution in [2.24, 2.45) is 5.84 Å². The summed E-state index contributed by atoms with van der Waals surface area (Å²) >= 11 is 0. The van der Waals surface area contributed by atoms with Crippen LogP contribution in [0.2, 0.25) is 0 Å². The monoisotopic (exact) mass is 232 g/mol. The van der Waals surface area contributed by atoms with Crippen LogP contribution in [0.25, 0.3) is 0 Å². The number of hydrazine groups is 1. The van der Waals surface area contributed by atoms with Gasteiger partial charge in [-0.3, -0.25) is 4.79 Å². The van der Waals surface area contributed by atoms with E-state index < -0.39 is 0 Å². The number of aromatic nitrogens is 4. The van der Waals surface area contributed by atoms with Gasteiger partial charge in [0.2, 0.25) is 0 Å². The maximum absolute atomic E-state index is 11.5. The number of rotatable bonds is 3. The van der Waals surface area contributed by atoms with E-state index in [1.807, 2.05) is 6.92 Å². The first kappa shape index (κ1) is 11.2. The van der Waals surface area contributed by atoms with Crippen LogP contribution in [0.5, 0.6) is 0 Å². The van der Waals surface area contributed by atoms with E-state index in [1.54, 1.807) is 18.3 Å². The zero-order chi connectivity index (χ0) is 12.3. The Labute approximate surface area is 97.3 Å². The fourth-order valence-electron chi connectivity index (χ4n) is 1.41. The Morgan fingerprint density at radius 2 is 2.29 bits per heavy atom. The van der Waals surface area contributed by atoms with Crippen molar-refractivity contribution in [3.8, 4) is 0 Å². The van der Waals surface area contributed by atoms with Crippen LogP contribution >= 0.6 is 0 Å². The van der Waals surface area contributed by atoms with Gasteiger partial charge in [0.1, 0.15) is 12.4 Å². The second kappa shape index (κ2) is 4.71. The summed E-state index contributed by atoms with van der Waals surface area (Å²) in [7, 11) is 0. The van der Waals surface area contributed by atoms with Gasteiger partial charge in [-0.25, -0.2) is 20.5 Å². The summed E-state index contributed by atoms with van der Waals surface area (Å²) in [5, 5.41) is 3.93. The number of hydrogen-bond donors (Lipinski definition) is 2. The van der Waals surface area contributed by atoms with Gasteiger partial charge in [0.15, 0.2) is 5.82 Å². The highest BCUT2D eigenvalue weighted by Gasteiger charge is 2.04. The minimum absolute atomic E-state index is 0.195. The summed E-state index contributed by atoms with van der Waals surface area (Å²) in [5.41, 5.74) is 3.03. The first-order valence-corrected chi connectivity index (χ1v) is 5.02. The number of nitrogens with one attached hydrogen (secondary N) is 1. The van der Waals surface area contributed by atoms with Crippen molar-refractivity contribution in [2.45, 2.75) is 13.5 Å². The van der Waals surface area contributed by atoms with Crippen molar-refractivity contribution in [1.82, 2.24) is 19.7 Å². The summed E-state index contributed by atoms with van der Waals surface area (Å²) in [6, 6.07) is 4.73. The van der Waals surface area contributed by atoms with Crippen LogP contribution in [-0.2, 0) is 6.54 Å². The number of nitrogens with zero attached hydrogens (tertiary/aromatic N) is 4. The molecule has 2 aromatic rings. The van der Waals surface area contributed by atoms with Crippen molar-refractivity contribution in [3.63, 3.8) is 0 Å². The number of nitrogens with two attached hydrogens (primary N) is 1. The third-order valence-electron chi connectivity index (χ3n) is 2.12. The van der Waals surface area contributed by atoms with Crippen LogP contribution in [-0.4, -0.2) is 19.7 Å². The summed E-state index contributed by atoms with van der Waals surface area (Å²) in [6.45, 7) is 2.04. The maximum atomic E-state index is 11.5. The Morgan fingerprint density at radius 3 is 3.00 bits per heavy atom. The lowest BCUT2D eigenvalue weighted by Gasteiger charge is -2.06. The molecule has 0 unspecified atom stereocenters. The van der Waals surface area contributed by atoms with Gasteiger partial charge in [-0.15, -0.1) is 0 Å². The van der Waals surface area contributed by atoms with E-state index >= 15 is 0 Å². The third-order valence-corrected chi connectivity index (χ3v) is 2.12. The summed E-state index contributed by atoms with van der Waals surface area (Å²) in [5.74, 6) is 6.28. The maximum Gasteiger partial charge on any atom is 0.267 e. The summed E-state index contributed by atoms with van der Waals surface area (Å²) in [6.07, 6.45) is 1.54. The molecule has 0 aliphatic rings. The average molecular weight is 232 g/mol. The molecular formula is C10H12N6O. The molecule has 0 aliphatic heterocycles. The molecule has 0 saturated carbocycles. The van der Waals surface area contributed by atoms with Gasteiger partial charge < -0.3 is 5.43 Å². The molecule has 0 spiro atoms. The van der Waals surface area contributed by atoms with Crippen LogP contribution < -0.4 is 16.8 Å². The normalized spacial score (nSPS) is 10.2. The molecule has 3 N–H and O–H groups in total. The number of anilines is 1. The van der Waals surface area contributed by atoms with Gasteiger partial charge in [0.05, 0.1) is 0 Å². The van der Waals surface area contributed by atoms with E-state index in [4.69, 9.17) is 5.84 Å². The van der Waals surface area contributed by atoms with Crippen LogP contribution in [0.3, 0.4) is 0 Å². The first-order valence-electron chi connectivity index (χ1n) is 5.02. The average Bonchev–Trinajstić information content (AvgIpc) is 2.31. The Morgan fingerprint density at radius 1 is 1.47 bits per heavy atom. The van der Waals surface area contributed by atoms with Gasteiger partial charge in [-0.1, -0.05) is 0 Å². The van der Waals surface area contributed by atoms with Gasteiger partial charge in [-0.2, -0.15) is 5.10 Å². The molecular weight excluding hydrogens is 220 g/mol. The fourth-order valence-corrected chi connectivity index (χ4v) is 1.41. The molecule has 2 heterocycles. The van der Waals surface area contributed by atoms with Gasteiger partial charge >= 0.3 is 0 Å². The second-order valence-corrected chi connectivity index (χ2v) is 3.47. The van der Waals surface area contributed by atoms with Crippen LogP contribution in [0.4, 0.5) is 5.82 Å². The third kappa shape index (κ3) is 2.64. The smallest absolute Gasteiger partial charge is 0.267 e. The lowest BCUT2D eigenvalue weighted by molar-refractivity contribution is 0.613. The molecule has 0 aliphatic carbocycles. The number of nitrogen functional groups attached to an aromatic ring is 1. The van der Waals surface area contributed by atoms with Gasteiger partial charge in [-0.05, 0) is 13.0 Å². The van der Waals surface area contributed by atoms with Crippen molar-refractivity contribution >= 4 is 5.82 Å². The zero-order valence-electron chi connectivity index (χ0n) is 9.29. The molecule has 7 heteroatoms. The van der Waals surface area contributed by atoms with Gasteiger partial charge in [0, 0.05) is 24.0 Å². The quantitative estimate of drug-likeness (QED) is 0.555. The first-order chi connectivity index (χ1) is 8.19. The highest BCUT2D eigenvalue weighted by atomic mass is 16.1. The molecule has 7 nitrogen and oxygen atoms in total. The minimum Gasteiger partial charge on any atom is -0.308 e. The minimum atomic E-state index is -0.195. The van der Waals surface area contributed by atoms with E-state index in [2.05, 4.69) is 20.5 Å². The Balaban J connectivity index is 2.33. The lowest BCUT2D eigenvalue weighted by Crippen LogP contribution is -2.23. The highest BCUT2D eigenvalue weighted by molar-refractivity contribution is 5.33. The molecule has 0 fully saturated rings. The Kier molecular flexibility index (Phi) is 3.10. The van der Waals surface area contributed by atoms with E-state index in [9.17, 15) is 4.79 Å². The van der Waals surface area contributed by atoms with E-state index in [0.717, 1.165) is 5.69 Å². The predicted octanol–water partition coefficient (Wildman–Crippen LogP) is -0.324.